The molecule has 1 aliphatic heterocycles. The summed E-state index contributed by atoms with van der Waals surface area (Å²) in [6, 6.07) is 0. The lowest BCUT2D eigenvalue weighted by Gasteiger charge is -2.37. The van der Waals surface area contributed by atoms with Gasteiger partial charge in [0.1, 0.15) is 24.4 Å². The molecular weight excluding hydrogens is 392 g/mol. The minimum absolute atomic E-state index is 0.100. The van der Waals surface area contributed by atoms with Crippen LogP contribution in [0.15, 0.2) is 12.2 Å². The lowest BCUT2D eigenvalue weighted by Crippen LogP contribution is -2.55. The first-order valence-electron chi connectivity index (χ1n) is 13.1. The topological polar surface area (TPSA) is 79.2 Å². The first-order chi connectivity index (χ1) is 15.2. The Bertz CT molecular complexity index is 415. The van der Waals surface area contributed by atoms with Crippen molar-refractivity contribution in [3.8, 4) is 0 Å². The van der Waals surface area contributed by atoms with Gasteiger partial charge in [0.25, 0.3) is 0 Å². The van der Waals surface area contributed by atoms with Gasteiger partial charge >= 0.3 is 0 Å². The van der Waals surface area contributed by atoms with Crippen molar-refractivity contribution in [1.82, 2.24) is 0 Å². The van der Waals surface area contributed by atoms with Gasteiger partial charge in [-0.1, -0.05) is 89.7 Å². The summed E-state index contributed by atoms with van der Waals surface area (Å²) in [5.74, 6) is 0. The van der Waals surface area contributed by atoms with E-state index in [1.54, 1.807) is 0 Å². The molecule has 0 spiro atoms. The fourth-order valence-electron chi connectivity index (χ4n) is 4.15. The molecule has 1 aliphatic rings. The average Bonchev–Trinajstić information content (AvgIpc) is 2.77. The summed E-state index contributed by atoms with van der Waals surface area (Å²) in [6.07, 6.45) is 22.2. The Kier molecular flexibility index (Phi) is 18.6. The maximum absolute atomic E-state index is 10.1. The van der Waals surface area contributed by atoms with E-state index in [2.05, 4.69) is 19.1 Å². The van der Waals surface area contributed by atoms with Crippen LogP contribution in [0.3, 0.4) is 0 Å². The molecule has 1 fully saturated rings. The van der Waals surface area contributed by atoms with E-state index >= 15 is 0 Å². The summed E-state index contributed by atoms with van der Waals surface area (Å²) >= 11 is 0. The highest BCUT2D eigenvalue weighted by molar-refractivity contribution is 4.87. The van der Waals surface area contributed by atoms with Crippen LogP contribution in [0.1, 0.15) is 110 Å². The highest BCUT2D eigenvalue weighted by Gasteiger charge is 2.38. The van der Waals surface area contributed by atoms with Gasteiger partial charge in [-0.2, -0.15) is 0 Å². The average molecular weight is 443 g/mol. The van der Waals surface area contributed by atoms with E-state index in [9.17, 15) is 15.3 Å². The number of allylic oxidation sites excluding steroid dienone is 2. The summed E-state index contributed by atoms with van der Waals surface area (Å²) < 4.78 is 10.9. The fourth-order valence-corrected chi connectivity index (χ4v) is 4.15. The van der Waals surface area contributed by atoms with E-state index < -0.39 is 24.4 Å². The van der Waals surface area contributed by atoms with E-state index in [1.807, 2.05) is 0 Å². The summed E-state index contributed by atoms with van der Waals surface area (Å²) in [5, 5.41) is 29.2. The van der Waals surface area contributed by atoms with Gasteiger partial charge in [-0.3, -0.25) is 0 Å². The van der Waals surface area contributed by atoms with Gasteiger partial charge in [0.05, 0.1) is 13.2 Å². The Hall–Kier alpha value is -0.460. The van der Waals surface area contributed by atoms with Crippen LogP contribution in [-0.2, 0) is 9.47 Å². The van der Waals surface area contributed by atoms with Gasteiger partial charge in [-0.25, -0.2) is 0 Å². The number of hydrogen-bond acceptors (Lipinski definition) is 5. The van der Waals surface area contributed by atoms with Crippen molar-refractivity contribution in [2.75, 3.05) is 19.8 Å². The van der Waals surface area contributed by atoms with Crippen LogP contribution in [0, 0.1) is 0 Å². The molecule has 3 N–H and O–H groups in total. The standard InChI is InChI=1S/C26H50O5/c1-2-3-4-5-6-7-8-9-10-11-12-13-14-15-16-17-18-19-20-30-26-23(28)22-31-24(21-27)25(26)29/h6-7,23-29H,2-5,8-22H2,1H3/b7-6+/t23-,24+,25+,26+/m0/s1. The lowest BCUT2D eigenvalue weighted by atomic mass is 10.0. The van der Waals surface area contributed by atoms with Crippen molar-refractivity contribution in [1.29, 1.82) is 0 Å². The molecular formula is C26H50O5. The summed E-state index contributed by atoms with van der Waals surface area (Å²) in [6.45, 7) is 2.63. The van der Waals surface area contributed by atoms with Crippen LogP contribution in [-0.4, -0.2) is 59.6 Å². The Morgan fingerprint density at radius 2 is 1.29 bits per heavy atom. The Labute approximate surface area is 191 Å². The van der Waals surface area contributed by atoms with Gasteiger partial charge in [0.2, 0.25) is 0 Å². The molecule has 0 aromatic rings. The maximum Gasteiger partial charge on any atom is 0.114 e. The summed E-state index contributed by atoms with van der Waals surface area (Å²) in [4.78, 5) is 0. The quantitative estimate of drug-likeness (QED) is 0.176. The first kappa shape index (κ1) is 28.6. The Morgan fingerprint density at radius 3 is 1.84 bits per heavy atom. The second-order valence-electron chi connectivity index (χ2n) is 9.09. The van der Waals surface area contributed by atoms with Crippen LogP contribution in [0.2, 0.25) is 0 Å². The molecule has 5 nitrogen and oxygen atoms in total. The van der Waals surface area contributed by atoms with Gasteiger partial charge < -0.3 is 24.8 Å². The number of unbranched alkanes of at least 4 members (excludes halogenated alkanes) is 14. The summed E-state index contributed by atoms with van der Waals surface area (Å²) in [5.41, 5.74) is 0. The molecule has 4 atom stereocenters. The fraction of sp³-hybridized carbons (Fsp3) is 0.923. The SMILES string of the molecule is CCCCC/C=C/CCCCCCCCCCCCCO[C@H]1[C@H](O)[C@@H](CO)OC[C@@H]1O. The Morgan fingerprint density at radius 1 is 0.774 bits per heavy atom. The Balaban J connectivity index is 1.82. The number of aliphatic hydroxyl groups excluding tert-OH is 3. The number of ether oxygens (including phenoxy) is 2. The molecule has 184 valence electrons. The molecule has 31 heavy (non-hydrogen) atoms. The third-order valence-electron chi connectivity index (χ3n) is 6.22. The molecule has 1 saturated heterocycles. The van der Waals surface area contributed by atoms with Crippen LogP contribution in [0.25, 0.3) is 0 Å². The normalized spacial score (nSPS) is 24.3. The number of hydrogen-bond donors (Lipinski definition) is 3. The van der Waals surface area contributed by atoms with E-state index in [4.69, 9.17) is 9.47 Å². The third kappa shape index (κ3) is 14.3. The molecule has 0 saturated carbocycles. The molecule has 0 bridgehead atoms. The van der Waals surface area contributed by atoms with Crippen LogP contribution in [0.5, 0.6) is 0 Å². The van der Waals surface area contributed by atoms with E-state index in [1.165, 1.54) is 89.9 Å². The van der Waals surface area contributed by atoms with Crippen LogP contribution in [0.4, 0.5) is 0 Å². The van der Waals surface area contributed by atoms with E-state index in [0.29, 0.717) is 6.61 Å². The zero-order valence-electron chi connectivity index (χ0n) is 20.1. The van der Waals surface area contributed by atoms with Gasteiger partial charge in [0.15, 0.2) is 0 Å². The predicted molar refractivity (Wildman–Crippen MR) is 127 cm³/mol. The molecule has 0 radical (unpaired) electrons. The second kappa shape index (κ2) is 20.2. The maximum atomic E-state index is 10.1. The van der Waals surface area contributed by atoms with Gasteiger partial charge in [-0.05, 0) is 32.1 Å². The van der Waals surface area contributed by atoms with Crippen molar-refractivity contribution >= 4 is 0 Å². The smallest absolute Gasteiger partial charge is 0.114 e. The molecule has 0 aliphatic carbocycles. The molecule has 0 aromatic carbocycles. The molecule has 0 amide bonds. The van der Waals surface area contributed by atoms with Crippen molar-refractivity contribution in [3.63, 3.8) is 0 Å². The van der Waals surface area contributed by atoms with Crippen molar-refractivity contribution in [3.05, 3.63) is 12.2 Å². The number of aliphatic hydroxyl groups is 3. The lowest BCUT2D eigenvalue weighted by molar-refractivity contribution is -0.210. The molecule has 1 heterocycles. The first-order valence-corrected chi connectivity index (χ1v) is 13.1. The third-order valence-corrected chi connectivity index (χ3v) is 6.22. The van der Waals surface area contributed by atoms with Crippen molar-refractivity contribution in [2.24, 2.45) is 0 Å². The molecule has 1 rings (SSSR count). The summed E-state index contributed by atoms with van der Waals surface area (Å²) in [7, 11) is 0. The predicted octanol–water partition coefficient (Wildman–Crippen LogP) is 5.30. The minimum atomic E-state index is -0.972. The zero-order chi connectivity index (χ0) is 22.6. The van der Waals surface area contributed by atoms with E-state index in [-0.39, 0.29) is 13.2 Å². The zero-order valence-corrected chi connectivity index (χ0v) is 20.1. The van der Waals surface area contributed by atoms with Gasteiger partial charge in [-0.15, -0.1) is 0 Å². The largest absolute Gasteiger partial charge is 0.394 e. The second-order valence-corrected chi connectivity index (χ2v) is 9.09. The van der Waals surface area contributed by atoms with Crippen LogP contribution >= 0.6 is 0 Å². The van der Waals surface area contributed by atoms with Crippen molar-refractivity contribution in [2.45, 2.75) is 134 Å². The molecule has 5 heteroatoms. The molecule has 0 aromatic heterocycles. The highest BCUT2D eigenvalue weighted by Crippen LogP contribution is 2.19. The van der Waals surface area contributed by atoms with Crippen molar-refractivity contribution < 1.29 is 24.8 Å². The van der Waals surface area contributed by atoms with E-state index in [0.717, 1.165) is 12.8 Å². The van der Waals surface area contributed by atoms with Gasteiger partial charge in [0, 0.05) is 6.61 Å². The van der Waals surface area contributed by atoms with Crippen LogP contribution < -0.4 is 0 Å². The molecule has 0 unspecified atom stereocenters. The minimum Gasteiger partial charge on any atom is -0.394 e. The monoisotopic (exact) mass is 442 g/mol. The number of rotatable bonds is 20. The highest BCUT2D eigenvalue weighted by atomic mass is 16.6.